The topological polar surface area (TPSA) is 89.4 Å². The summed E-state index contributed by atoms with van der Waals surface area (Å²) in [6.07, 6.45) is 5.41. The van der Waals surface area contributed by atoms with Crippen molar-refractivity contribution in [2.75, 3.05) is 11.9 Å². The first-order chi connectivity index (χ1) is 18.9. The predicted octanol–water partition coefficient (Wildman–Crippen LogP) is 5.01. The van der Waals surface area contributed by atoms with Crippen LogP contribution < -0.4 is 10.1 Å². The molecule has 0 saturated carbocycles. The van der Waals surface area contributed by atoms with E-state index in [-0.39, 0.29) is 30.1 Å². The first-order valence-corrected chi connectivity index (χ1v) is 13.0. The van der Waals surface area contributed by atoms with Crippen LogP contribution in [0.15, 0.2) is 85.2 Å². The van der Waals surface area contributed by atoms with Gasteiger partial charge in [0.05, 0.1) is 12.4 Å². The fraction of sp³-hybridized carbons (Fsp3) is 0.267. The minimum atomic E-state index is -0.593. The van der Waals surface area contributed by atoms with Gasteiger partial charge in [-0.05, 0) is 91.8 Å². The number of hydrogen-bond donors (Lipinski definition) is 1. The molecular weight excluding hydrogens is 497 g/mol. The highest BCUT2D eigenvalue weighted by Gasteiger charge is 2.39. The van der Waals surface area contributed by atoms with Crippen molar-refractivity contribution in [2.45, 2.75) is 38.8 Å². The molecule has 9 heteroatoms. The van der Waals surface area contributed by atoms with Gasteiger partial charge in [0.15, 0.2) is 0 Å². The van der Waals surface area contributed by atoms with Gasteiger partial charge >= 0.3 is 0 Å². The van der Waals surface area contributed by atoms with Crippen molar-refractivity contribution >= 4 is 17.5 Å². The lowest BCUT2D eigenvalue weighted by molar-refractivity contribution is -0.137. The van der Waals surface area contributed by atoms with Gasteiger partial charge < -0.3 is 15.0 Å². The monoisotopic (exact) mass is 527 g/mol. The lowest BCUT2D eigenvalue weighted by Gasteiger charge is -2.24. The average molecular weight is 528 g/mol. The normalized spacial score (nSPS) is 16.7. The molecule has 3 aromatic carbocycles. The Labute approximate surface area is 226 Å². The Morgan fingerprint density at radius 3 is 2.33 bits per heavy atom. The van der Waals surface area contributed by atoms with Gasteiger partial charge in [-0.1, -0.05) is 24.3 Å². The summed E-state index contributed by atoms with van der Waals surface area (Å²) >= 11 is 0. The molecule has 1 fully saturated rings. The zero-order valence-electron chi connectivity index (χ0n) is 21.7. The first kappa shape index (κ1) is 26.1. The fourth-order valence-corrected chi connectivity index (χ4v) is 4.91. The van der Waals surface area contributed by atoms with Gasteiger partial charge in [0.2, 0.25) is 11.8 Å². The molecule has 4 aromatic rings. The lowest BCUT2D eigenvalue weighted by Crippen LogP contribution is -2.44. The number of likely N-dealkylation sites (tertiary alicyclic amines) is 1. The lowest BCUT2D eigenvalue weighted by atomic mass is 9.95. The number of amides is 2. The van der Waals surface area contributed by atoms with Crippen LogP contribution in [0.4, 0.5) is 10.1 Å². The summed E-state index contributed by atoms with van der Waals surface area (Å²) in [7, 11) is 0. The molecule has 2 heterocycles. The van der Waals surface area contributed by atoms with Gasteiger partial charge in [0.1, 0.15) is 29.9 Å². The fourth-order valence-electron chi connectivity index (χ4n) is 4.91. The number of nitrogens with zero attached hydrogens (tertiary/aromatic N) is 4. The Hall–Kier alpha value is -4.53. The Balaban J connectivity index is 1.25. The number of hydrogen-bond acceptors (Lipinski definition) is 5. The first-order valence-electron chi connectivity index (χ1n) is 13.0. The second-order valence-corrected chi connectivity index (χ2v) is 9.76. The van der Waals surface area contributed by atoms with Crippen molar-refractivity contribution in [3.63, 3.8) is 0 Å². The molecule has 0 bridgehead atoms. The largest absolute Gasteiger partial charge is 0.457 e. The molecule has 1 N–H and O–H groups in total. The number of benzene rings is 3. The summed E-state index contributed by atoms with van der Waals surface area (Å²) in [5.41, 5.74) is 3.12. The van der Waals surface area contributed by atoms with Gasteiger partial charge in [0, 0.05) is 12.2 Å². The van der Waals surface area contributed by atoms with Crippen molar-refractivity contribution in [3.05, 3.63) is 102 Å². The van der Waals surface area contributed by atoms with Crippen LogP contribution >= 0.6 is 0 Å². The number of anilines is 1. The molecule has 1 aliphatic heterocycles. The molecule has 0 aliphatic carbocycles. The standard InChI is InChI=1S/C30H30FN5O3/c1-21-4-2-3-5-23(21)7-6-22-18-28(35(19-22)29(37)20-36-32-16-17-33-36)30(38)34-25-10-14-27(15-11-25)39-26-12-8-24(31)9-13-26/h2-5,8-17,22,28H,6-7,18-20H2,1H3,(H,34,38). The minimum absolute atomic E-state index is 0.0171. The van der Waals surface area contributed by atoms with Gasteiger partial charge in [-0.3, -0.25) is 9.59 Å². The Kier molecular flexibility index (Phi) is 7.96. The maximum Gasteiger partial charge on any atom is 0.247 e. The number of rotatable bonds is 9. The van der Waals surface area contributed by atoms with E-state index in [0.717, 1.165) is 12.8 Å². The van der Waals surface area contributed by atoms with E-state index in [0.29, 0.717) is 30.2 Å². The quantitative estimate of drug-likeness (QED) is 0.331. The number of aromatic nitrogens is 3. The Morgan fingerprint density at radius 1 is 0.974 bits per heavy atom. The van der Waals surface area contributed by atoms with E-state index in [2.05, 4.69) is 34.6 Å². The van der Waals surface area contributed by atoms with Gasteiger partial charge in [-0.2, -0.15) is 15.0 Å². The third-order valence-corrected chi connectivity index (χ3v) is 7.01. The second kappa shape index (κ2) is 11.9. The summed E-state index contributed by atoms with van der Waals surface area (Å²) in [4.78, 5) is 29.6. The zero-order valence-corrected chi connectivity index (χ0v) is 21.7. The number of carbonyl (C=O) groups excluding carboxylic acids is 2. The van der Waals surface area contributed by atoms with E-state index in [4.69, 9.17) is 4.74 Å². The van der Waals surface area contributed by atoms with E-state index in [1.54, 1.807) is 41.3 Å². The number of nitrogens with one attached hydrogen (secondary N) is 1. The number of aryl methyl sites for hydroxylation is 2. The second-order valence-electron chi connectivity index (χ2n) is 9.76. The molecular formula is C30H30FN5O3. The molecule has 39 heavy (non-hydrogen) atoms. The van der Waals surface area contributed by atoms with E-state index >= 15 is 0 Å². The highest BCUT2D eigenvalue weighted by atomic mass is 19.1. The number of ether oxygens (including phenoxy) is 1. The van der Waals surface area contributed by atoms with E-state index in [9.17, 15) is 14.0 Å². The molecule has 1 aliphatic rings. The zero-order chi connectivity index (χ0) is 27.2. The highest BCUT2D eigenvalue weighted by Crippen LogP contribution is 2.30. The van der Waals surface area contributed by atoms with Crippen LogP contribution in [0.3, 0.4) is 0 Å². The third-order valence-electron chi connectivity index (χ3n) is 7.01. The van der Waals surface area contributed by atoms with Crippen LogP contribution in [-0.2, 0) is 22.6 Å². The van der Waals surface area contributed by atoms with Crippen molar-refractivity contribution in [1.29, 1.82) is 0 Å². The summed E-state index contributed by atoms with van der Waals surface area (Å²) in [6.45, 7) is 2.59. The molecule has 5 rings (SSSR count). The molecule has 0 radical (unpaired) electrons. The molecule has 0 spiro atoms. The highest BCUT2D eigenvalue weighted by molar-refractivity contribution is 5.97. The molecule has 8 nitrogen and oxygen atoms in total. The van der Waals surface area contributed by atoms with Crippen LogP contribution in [0.2, 0.25) is 0 Å². The Morgan fingerprint density at radius 2 is 1.64 bits per heavy atom. The predicted molar refractivity (Wildman–Crippen MR) is 145 cm³/mol. The molecule has 2 atom stereocenters. The van der Waals surface area contributed by atoms with Crippen LogP contribution in [-0.4, -0.2) is 44.3 Å². The maximum atomic E-state index is 13.4. The summed E-state index contributed by atoms with van der Waals surface area (Å²) in [5.74, 6) is 0.506. The van der Waals surface area contributed by atoms with Gasteiger partial charge in [0.25, 0.3) is 0 Å². The molecule has 2 amide bonds. The number of carbonyl (C=O) groups is 2. The van der Waals surface area contributed by atoms with E-state index in [1.165, 1.54) is 40.4 Å². The van der Waals surface area contributed by atoms with Gasteiger partial charge in [-0.25, -0.2) is 4.39 Å². The molecule has 200 valence electrons. The van der Waals surface area contributed by atoms with Crippen LogP contribution in [0.1, 0.15) is 24.0 Å². The summed E-state index contributed by atoms with van der Waals surface area (Å²) in [6, 6.07) is 20.4. The van der Waals surface area contributed by atoms with E-state index in [1.807, 2.05) is 12.1 Å². The molecule has 1 aromatic heterocycles. The van der Waals surface area contributed by atoms with Crippen molar-refractivity contribution in [3.8, 4) is 11.5 Å². The van der Waals surface area contributed by atoms with E-state index < -0.39 is 6.04 Å². The van der Waals surface area contributed by atoms with Crippen LogP contribution in [0.5, 0.6) is 11.5 Å². The van der Waals surface area contributed by atoms with Crippen molar-refractivity contribution < 1.29 is 18.7 Å². The van der Waals surface area contributed by atoms with Crippen molar-refractivity contribution in [1.82, 2.24) is 19.9 Å². The molecule has 2 unspecified atom stereocenters. The summed E-state index contributed by atoms with van der Waals surface area (Å²) < 4.78 is 18.9. The minimum Gasteiger partial charge on any atom is -0.457 e. The number of halogens is 1. The molecule has 1 saturated heterocycles. The van der Waals surface area contributed by atoms with Crippen LogP contribution in [0, 0.1) is 18.7 Å². The SMILES string of the molecule is Cc1ccccc1CCC1CC(C(=O)Nc2ccc(Oc3ccc(F)cc3)cc2)N(C(=O)Cn2nccn2)C1. The summed E-state index contributed by atoms with van der Waals surface area (Å²) in [5, 5.41) is 11.0. The smallest absolute Gasteiger partial charge is 0.247 e. The van der Waals surface area contributed by atoms with Crippen molar-refractivity contribution in [2.24, 2.45) is 5.92 Å². The van der Waals surface area contributed by atoms with Crippen LogP contribution in [0.25, 0.3) is 0 Å². The average Bonchev–Trinajstić information content (AvgIpc) is 3.61. The van der Waals surface area contributed by atoms with Gasteiger partial charge in [-0.15, -0.1) is 0 Å². The third kappa shape index (κ3) is 6.67. The Bertz CT molecular complexity index is 1410. The maximum absolute atomic E-state index is 13.4.